The molecular weight excluding hydrogens is 266 g/mol. The first kappa shape index (κ1) is 14.7. The highest BCUT2D eigenvalue weighted by Crippen LogP contribution is 2.37. The summed E-state index contributed by atoms with van der Waals surface area (Å²) in [6.07, 6.45) is 2.46. The van der Waals surface area contributed by atoms with E-state index >= 15 is 0 Å². The first-order valence-corrected chi connectivity index (χ1v) is 6.54. The van der Waals surface area contributed by atoms with Crippen molar-refractivity contribution in [1.29, 1.82) is 0 Å². The monoisotopic (exact) mass is 284 g/mol. The van der Waals surface area contributed by atoms with Crippen molar-refractivity contribution < 1.29 is 18.3 Å². The Kier molecular flexibility index (Phi) is 4.23. The highest BCUT2D eigenvalue weighted by atomic mass is 19.3. The first-order valence-electron chi connectivity index (χ1n) is 6.54. The van der Waals surface area contributed by atoms with Crippen LogP contribution in [0.25, 0.3) is 0 Å². The Balaban J connectivity index is 2.08. The molecule has 20 heavy (non-hydrogen) atoms. The molecule has 1 aliphatic carbocycles. The van der Waals surface area contributed by atoms with Crippen LogP contribution in [0.4, 0.5) is 14.5 Å². The Hall–Kier alpha value is -1.69. The van der Waals surface area contributed by atoms with E-state index in [-0.39, 0.29) is 17.7 Å². The number of nitrogens with two attached hydrogens (primary N) is 1. The highest BCUT2D eigenvalue weighted by Gasteiger charge is 2.42. The fourth-order valence-corrected chi connectivity index (χ4v) is 2.50. The van der Waals surface area contributed by atoms with Crippen molar-refractivity contribution >= 4 is 11.6 Å². The van der Waals surface area contributed by atoms with Crippen molar-refractivity contribution in [1.82, 2.24) is 0 Å². The molecule has 1 amide bonds. The largest absolute Gasteiger partial charge is 0.435 e. The SMILES string of the molecule is CC1(C(=O)Nc2cccc(OC(F)F)c2)CCCC1N. The van der Waals surface area contributed by atoms with Crippen molar-refractivity contribution in [3.8, 4) is 5.75 Å². The highest BCUT2D eigenvalue weighted by molar-refractivity contribution is 5.96. The van der Waals surface area contributed by atoms with E-state index in [1.54, 1.807) is 12.1 Å². The fraction of sp³-hybridized carbons (Fsp3) is 0.500. The molecule has 3 N–H and O–H groups in total. The maximum absolute atomic E-state index is 12.3. The molecule has 2 atom stereocenters. The van der Waals surface area contributed by atoms with Crippen LogP contribution in [0.3, 0.4) is 0 Å². The Morgan fingerprint density at radius 2 is 2.30 bits per heavy atom. The molecule has 0 heterocycles. The molecular formula is C14H18F2N2O2. The second kappa shape index (κ2) is 5.75. The number of anilines is 1. The fourth-order valence-electron chi connectivity index (χ4n) is 2.50. The Labute approximate surface area is 116 Å². The summed E-state index contributed by atoms with van der Waals surface area (Å²) >= 11 is 0. The van der Waals surface area contributed by atoms with Crippen LogP contribution < -0.4 is 15.8 Å². The average Bonchev–Trinajstić information content (AvgIpc) is 2.70. The first-order chi connectivity index (χ1) is 9.41. The summed E-state index contributed by atoms with van der Waals surface area (Å²) in [5, 5.41) is 2.72. The van der Waals surface area contributed by atoms with Crippen molar-refractivity contribution in [2.24, 2.45) is 11.1 Å². The molecule has 4 nitrogen and oxygen atoms in total. The van der Waals surface area contributed by atoms with E-state index in [0.29, 0.717) is 5.69 Å². The predicted molar refractivity (Wildman–Crippen MR) is 71.6 cm³/mol. The van der Waals surface area contributed by atoms with Gasteiger partial charge in [-0.05, 0) is 31.9 Å². The van der Waals surface area contributed by atoms with Gasteiger partial charge in [-0.2, -0.15) is 8.78 Å². The van der Waals surface area contributed by atoms with Crippen LogP contribution in [0.5, 0.6) is 5.75 Å². The molecule has 2 unspecified atom stereocenters. The quantitative estimate of drug-likeness (QED) is 0.893. The standard InChI is InChI=1S/C14H18F2N2O2/c1-14(7-3-6-11(14)17)12(19)18-9-4-2-5-10(8-9)20-13(15)16/h2,4-5,8,11,13H,3,6-7,17H2,1H3,(H,18,19). The molecule has 1 saturated carbocycles. The maximum atomic E-state index is 12.3. The number of nitrogens with one attached hydrogen (secondary N) is 1. The van der Waals surface area contributed by atoms with E-state index in [9.17, 15) is 13.6 Å². The minimum absolute atomic E-state index is 0.0127. The Bertz CT molecular complexity index is 496. The third-order valence-electron chi connectivity index (χ3n) is 3.87. The molecule has 0 bridgehead atoms. The summed E-state index contributed by atoms with van der Waals surface area (Å²) in [6, 6.07) is 5.77. The number of rotatable bonds is 4. The summed E-state index contributed by atoms with van der Waals surface area (Å²) in [4.78, 5) is 12.3. The lowest BCUT2D eigenvalue weighted by Crippen LogP contribution is -2.44. The maximum Gasteiger partial charge on any atom is 0.387 e. The van der Waals surface area contributed by atoms with Crippen molar-refractivity contribution in [3.05, 3.63) is 24.3 Å². The summed E-state index contributed by atoms with van der Waals surface area (Å²) < 4.78 is 28.6. The molecule has 110 valence electrons. The van der Waals surface area contributed by atoms with Gasteiger partial charge in [0.2, 0.25) is 5.91 Å². The molecule has 1 aromatic carbocycles. The zero-order valence-electron chi connectivity index (χ0n) is 11.2. The van der Waals surface area contributed by atoms with E-state index in [1.165, 1.54) is 12.1 Å². The summed E-state index contributed by atoms with van der Waals surface area (Å²) in [5.74, 6) is -0.171. The summed E-state index contributed by atoms with van der Waals surface area (Å²) in [7, 11) is 0. The van der Waals surface area contributed by atoms with Gasteiger partial charge in [-0.3, -0.25) is 4.79 Å². The second-order valence-corrected chi connectivity index (χ2v) is 5.28. The van der Waals surface area contributed by atoms with Crippen LogP contribution in [-0.2, 0) is 4.79 Å². The average molecular weight is 284 g/mol. The minimum atomic E-state index is -2.89. The van der Waals surface area contributed by atoms with Gasteiger partial charge < -0.3 is 15.8 Å². The van der Waals surface area contributed by atoms with E-state index in [2.05, 4.69) is 10.1 Å². The van der Waals surface area contributed by atoms with E-state index in [0.717, 1.165) is 19.3 Å². The number of hydrogen-bond donors (Lipinski definition) is 2. The molecule has 1 aliphatic rings. The van der Waals surface area contributed by atoms with Gasteiger partial charge in [-0.25, -0.2) is 0 Å². The summed E-state index contributed by atoms with van der Waals surface area (Å²) in [6.45, 7) is -1.05. The number of halogens is 2. The molecule has 0 saturated heterocycles. The molecule has 2 rings (SSSR count). The molecule has 0 radical (unpaired) electrons. The van der Waals surface area contributed by atoms with Gasteiger partial charge in [0.15, 0.2) is 0 Å². The van der Waals surface area contributed by atoms with E-state index in [4.69, 9.17) is 5.73 Å². The number of ether oxygens (including phenoxy) is 1. The van der Waals surface area contributed by atoms with Gasteiger partial charge in [0.25, 0.3) is 0 Å². The van der Waals surface area contributed by atoms with E-state index < -0.39 is 12.0 Å². The van der Waals surface area contributed by atoms with Crippen molar-refractivity contribution in [2.45, 2.75) is 38.8 Å². The number of alkyl halides is 2. The number of hydrogen-bond acceptors (Lipinski definition) is 3. The third-order valence-corrected chi connectivity index (χ3v) is 3.87. The lowest BCUT2D eigenvalue weighted by atomic mass is 9.84. The van der Waals surface area contributed by atoms with E-state index in [1.807, 2.05) is 6.92 Å². The number of carbonyl (C=O) groups is 1. The molecule has 0 aliphatic heterocycles. The molecule has 1 fully saturated rings. The Morgan fingerprint density at radius 1 is 1.55 bits per heavy atom. The zero-order chi connectivity index (χ0) is 14.8. The normalized spacial score (nSPS) is 25.8. The van der Waals surface area contributed by atoms with Crippen LogP contribution in [0.15, 0.2) is 24.3 Å². The number of amides is 1. The molecule has 0 aromatic heterocycles. The number of benzene rings is 1. The predicted octanol–water partition coefficient (Wildman–Crippen LogP) is 2.74. The molecule has 0 spiro atoms. The topological polar surface area (TPSA) is 64.3 Å². The summed E-state index contributed by atoms with van der Waals surface area (Å²) in [5.41, 5.74) is 5.79. The Morgan fingerprint density at radius 3 is 2.90 bits per heavy atom. The molecule has 1 aromatic rings. The van der Waals surface area contributed by atoms with Crippen molar-refractivity contribution in [2.75, 3.05) is 5.32 Å². The second-order valence-electron chi connectivity index (χ2n) is 5.28. The molecule has 6 heteroatoms. The third kappa shape index (κ3) is 3.07. The van der Waals surface area contributed by atoms with Crippen LogP contribution in [-0.4, -0.2) is 18.6 Å². The van der Waals surface area contributed by atoms with Crippen LogP contribution in [0, 0.1) is 5.41 Å². The number of carbonyl (C=O) groups excluding carboxylic acids is 1. The van der Waals surface area contributed by atoms with Crippen LogP contribution >= 0.6 is 0 Å². The minimum Gasteiger partial charge on any atom is -0.435 e. The van der Waals surface area contributed by atoms with Crippen LogP contribution in [0.2, 0.25) is 0 Å². The van der Waals surface area contributed by atoms with Gasteiger partial charge in [0, 0.05) is 17.8 Å². The lowest BCUT2D eigenvalue weighted by Gasteiger charge is -2.27. The lowest BCUT2D eigenvalue weighted by molar-refractivity contribution is -0.125. The van der Waals surface area contributed by atoms with Gasteiger partial charge in [0.1, 0.15) is 5.75 Å². The van der Waals surface area contributed by atoms with Gasteiger partial charge >= 0.3 is 6.61 Å². The van der Waals surface area contributed by atoms with Gasteiger partial charge in [-0.15, -0.1) is 0 Å². The van der Waals surface area contributed by atoms with Gasteiger partial charge in [-0.1, -0.05) is 12.5 Å². The van der Waals surface area contributed by atoms with Crippen molar-refractivity contribution in [3.63, 3.8) is 0 Å². The zero-order valence-corrected chi connectivity index (χ0v) is 11.2. The smallest absolute Gasteiger partial charge is 0.387 e. The van der Waals surface area contributed by atoms with Gasteiger partial charge in [0.05, 0.1) is 5.41 Å². The van der Waals surface area contributed by atoms with Crippen LogP contribution in [0.1, 0.15) is 26.2 Å².